The van der Waals surface area contributed by atoms with Gasteiger partial charge in [-0.05, 0) is 34.7 Å². The molecule has 0 fully saturated rings. The summed E-state index contributed by atoms with van der Waals surface area (Å²) in [6.07, 6.45) is 0. The lowest BCUT2D eigenvalue weighted by atomic mass is 10.2. The highest BCUT2D eigenvalue weighted by Gasteiger charge is 2.06. The fraction of sp³-hybridized carbons (Fsp3) is 0.125. The van der Waals surface area contributed by atoms with Crippen molar-refractivity contribution in [3.05, 3.63) is 27.5 Å². The Morgan fingerprint density at radius 2 is 2.33 bits per heavy atom. The number of H-pyrrole nitrogens is 1. The monoisotopic (exact) mass is 292 g/mol. The number of rotatable bonds is 1. The Bertz CT molecular complexity index is 410. The van der Waals surface area contributed by atoms with Gasteiger partial charge in [0.25, 0.3) is 0 Å². The van der Waals surface area contributed by atoms with Gasteiger partial charge in [0.2, 0.25) is 0 Å². The molecule has 0 aliphatic heterocycles. The lowest BCUT2D eigenvalue weighted by Gasteiger charge is -1.93. The quantitative estimate of drug-likeness (QED) is 0.635. The molecule has 62 valence electrons. The molecule has 1 heterocycles. The summed E-state index contributed by atoms with van der Waals surface area (Å²) in [6, 6.07) is 6.02. The van der Waals surface area contributed by atoms with Crippen molar-refractivity contribution >= 4 is 45.1 Å². The third-order valence-electron chi connectivity index (χ3n) is 1.74. The van der Waals surface area contributed by atoms with Gasteiger partial charge in [0.15, 0.2) is 0 Å². The zero-order chi connectivity index (χ0) is 8.55. The molecule has 2 nitrogen and oxygen atoms in total. The highest BCUT2D eigenvalue weighted by Crippen LogP contribution is 2.22. The SMILES string of the molecule is ClCc1[nH]nc2cccc(I)c12. The number of benzene rings is 1. The maximum Gasteiger partial charge on any atom is 0.0934 e. The second kappa shape index (κ2) is 3.22. The van der Waals surface area contributed by atoms with Gasteiger partial charge in [0, 0.05) is 8.96 Å². The Kier molecular flexibility index (Phi) is 2.23. The van der Waals surface area contributed by atoms with E-state index in [0.717, 1.165) is 16.6 Å². The zero-order valence-corrected chi connectivity index (χ0v) is 9.06. The normalized spacial score (nSPS) is 10.8. The van der Waals surface area contributed by atoms with E-state index in [2.05, 4.69) is 38.9 Å². The first-order valence-corrected chi connectivity index (χ1v) is 5.11. The van der Waals surface area contributed by atoms with Gasteiger partial charge in [-0.25, -0.2) is 0 Å². The number of aromatic nitrogens is 2. The Balaban J connectivity index is 2.83. The number of hydrogen-bond acceptors (Lipinski definition) is 1. The summed E-state index contributed by atoms with van der Waals surface area (Å²) in [6.45, 7) is 0. The van der Waals surface area contributed by atoms with Crippen LogP contribution in [0.4, 0.5) is 0 Å². The van der Waals surface area contributed by atoms with Gasteiger partial charge in [0.05, 0.1) is 17.1 Å². The van der Waals surface area contributed by atoms with Crippen LogP contribution in [0.25, 0.3) is 10.9 Å². The number of alkyl halides is 1. The van der Waals surface area contributed by atoms with E-state index in [9.17, 15) is 0 Å². The van der Waals surface area contributed by atoms with E-state index in [4.69, 9.17) is 11.6 Å². The highest BCUT2D eigenvalue weighted by molar-refractivity contribution is 14.1. The van der Waals surface area contributed by atoms with Gasteiger partial charge in [-0.2, -0.15) is 5.10 Å². The van der Waals surface area contributed by atoms with Gasteiger partial charge in [-0.1, -0.05) is 6.07 Å². The highest BCUT2D eigenvalue weighted by atomic mass is 127. The van der Waals surface area contributed by atoms with Gasteiger partial charge >= 0.3 is 0 Å². The molecular formula is C8H6ClIN2. The van der Waals surface area contributed by atoms with Gasteiger partial charge < -0.3 is 0 Å². The fourth-order valence-electron chi connectivity index (χ4n) is 1.18. The Labute approximate surface area is 88.4 Å². The average Bonchev–Trinajstić information content (AvgIpc) is 2.49. The number of nitrogens with one attached hydrogen (secondary N) is 1. The van der Waals surface area contributed by atoms with E-state index in [1.54, 1.807) is 0 Å². The first-order valence-electron chi connectivity index (χ1n) is 3.50. The molecule has 0 aliphatic rings. The molecule has 1 aromatic carbocycles. The molecule has 2 aromatic rings. The standard InChI is InChI=1S/C8H6ClIN2/c9-4-7-8-5(10)2-1-3-6(8)11-12-7/h1-3H,4H2,(H,11,12). The van der Waals surface area contributed by atoms with Crippen LogP contribution in [0.3, 0.4) is 0 Å². The Morgan fingerprint density at radius 3 is 3.08 bits per heavy atom. The Morgan fingerprint density at radius 1 is 1.50 bits per heavy atom. The van der Waals surface area contributed by atoms with Crippen LogP contribution in [0.5, 0.6) is 0 Å². The number of halogens is 2. The van der Waals surface area contributed by atoms with Crippen LogP contribution in [0.1, 0.15) is 5.69 Å². The molecule has 12 heavy (non-hydrogen) atoms. The molecule has 1 N–H and O–H groups in total. The van der Waals surface area contributed by atoms with Crippen LogP contribution in [0.2, 0.25) is 0 Å². The molecule has 1 aromatic heterocycles. The van der Waals surface area contributed by atoms with Crippen molar-refractivity contribution in [1.82, 2.24) is 10.2 Å². The molecule has 0 atom stereocenters. The van der Waals surface area contributed by atoms with E-state index in [1.165, 1.54) is 3.57 Å². The van der Waals surface area contributed by atoms with Crippen LogP contribution in [0, 0.1) is 3.57 Å². The van der Waals surface area contributed by atoms with Crippen LogP contribution < -0.4 is 0 Å². The molecule has 4 heteroatoms. The third-order valence-corrected chi connectivity index (χ3v) is 2.90. The van der Waals surface area contributed by atoms with Gasteiger partial charge in [0.1, 0.15) is 0 Å². The van der Waals surface area contributed by atoms with Crippen LogP contribution in [-0.2, 0) is 5.88 Å². The van der Waals surface area contributed by atoms with Crippen molar-refractivity contribution in [2.24, 2.45) is 0 Å². The molecule has 0 unspecified atom stereocenters. The molecule has 0 radical (unpaired) electrons. The van der Waals surface area contributed by atoms with Crippen LogP contribution in [-0.4, -0.2) is 10.2 Å². The first kappa shape index (κ1) is 8.31. The molecule has 0 spiro atoms. The van der Waals surface area contributed by atoms with Crippen LogP contribution in [0.15, 0.2) is 18.2 Å². The van der Waals surface area contributed by atoms with E-state index in [0.29, 0.717) is 5.88 Å². The van der Waals surface area contributed by atoms with Crippen molar-refractivity contribution in [3.63, 3.8) is 0 Å². The van der Waals surface area contributed by atoms with Crippen molar-refractivity contribution in [2.75, 3.05) is 0 Å². The summed E-state index contributed by atoms with van der Waals surface area (Å²) < 4.78 is 1.19. The van der Waals surface area contributed by atoms with E-state index in [1.807, 2.05) is 12.1 Å². The van der Waals surface area contributed by atoms with Gasteiger partial charge in [-0.3, -0.25) is 5.10 Å². The summed E-state index contributed by atoms with van der Waals surface area (Å²) in [5, 5.41) is 8.20. The minimum atomic E-state index is 0.483. The molecular weight excluding hydrogens is 286 g/mol. The lowest BCUT2D eigenvalue weighted by molar-refractivity contribution is 1.05. The first-order chi connectivity index (χ1) is 5.83. The summed E-state index contributed by atoms with van der Waals surface area (Å²) in [7, 11) is 0. The van der Waals surface area contributed by atoms with Crippen molar-refractivity contribution in [2.45, 2.75) is 5.88 Å². The topological polar surface area (TPSA) is 28.7 Å². The molecule has 0 bridgehead atoms. The van der Waals surface area contributed by atoms with E-state index < -0.39 is 0 Å². The summed E-state index contributed by atoms with van der Waals surface area (Å²) in [4.78, 5) is 0. The Hall–Kier alpha value is -0.290. The minimum absolute atomic E-state index is 0.483. The second-order valence-corrected chi connectivity index (χ2v) is 3.90. The zero-order valence-electron chi connectivity index (χ0n) is 6.14. The van der Waals surface area contributed by atoms with Crippen molar-refractivity contribution < 1.29 is 0 Å². The molecule has 0 saturated heterocycles. The van der Waals surface area contributed by atoms with E-state index in [-0.39, 0.29) is 0 Å². The van der Waals surface area contributed by atoms with Gasteiger partial charge in [-0.15, -0.1) is 11.6 Å². The fourth-order valence-corrected chi connectivity index (χ4v) is 2.19. The second-order valence-electron chi connectivity index (χ2n) is 2.47. The lowest BCUT2D eigenvalue weighted by Crippen LogP contribution is -1.79. The number of nitrogens with zero attached hydrogens (tertiary/aromatic N) is 1. The van der Waals surface area contributed by atoms with Crippen LogP contribution >= 0.6 is 34.2 Å². The molecule has 2 rings (SSSR count). The number of fused-ring (bicyclic) bond motifs is 1. The predicted octanol–water partition coefficient (Wildman–Crippen LogP) is 2.91. The maximum atomic E-state index is 5.74. The average molecular weight is 293 g/mol. The summed E-state index contributed by atoms with van der Waals surface area (Å²) in [5.41, 5.74) is 1.98. The number of hydrogen-bond donors (Lipinski definition) is 1. The van der Waals surface area contributed by atoms with E-state index >= 15 is 0 Å². The predicted molar refractivity (Wildman–Crippen MR) is 58.4 cm³/mol. The molecule has 0 saturated carbocycles. The summed E-state index contributed by atoms with van der Waals surface area (Å²) in [5.74, 6) is 0.483. The smallest absolute Gasteiger partial charge is 0.0934 e. The van der Waals surface area contributed by atoms with Crippen molar-refractivity contribution in [3.8, 4) is 0 Å². The minimum Gasteiger partial charge on any atom is -0.280 e. The largest absolute Gasteiger partial charge is 0.280 e. The summed E-state index contributed by atoms with van der Waals surface area (Å²) >= 11 is 8.03. The molecule has 0 aliphatic carbocycles. The van der Waals surface area contributed by atoms with Crippen molar-refractivity contribution in [1.29, 1.82) is 0 Å². The number of aromatic amines is 1. The molecule has 0 amide bonds. The maximum absolute atomic E-state index is 5.74. The third kappa shape index (κ3) is 1.21.